The smallest absolute Gasteiger partial charge is 0.410 e. The highest BCUT2D eigenvalue weighted by atomic mass is 16.6. The van der Waals surface area contributed by atoms with Gasteiger partial charge in [-0.2, -0.15) is 0 Å². The number of hydrogen-bond donors (Lipinski definition) is 1. The van der Waals surface area contributed by atoms with Crippen LogP contribution in [-0.2, 0) is 16.1 Å². The van der Waals surface area contributed by atoms with Crippen LogP contribution in [0.4, 0.5) is 4.79 Å². The summed E-state index contributed by atoms with van der Waals surface area (Å²) in [5, 5.41) is 9.14. The fourth-order valence-corrected chi connectivity index (χ4v) is 2.03. The van der Waals surface area contributed by atoms with E-state index in [0.29, 0.717) is 0 Å². The summed E-state index contributed by atoms with van der Waals surface area (Å²) >= 11 is 0. The standard InChI is InChI=1S/C14H17NO4/c1-15(12(13(16)17)11-7-8-11)14(18)19-9-10-5-3-2-4-6-10/h2-6,11-12H,7-9H2,1H3,(H,16,17)/t12-/m0/s1. The molecule has 0 aliphatic heterocycles. The van der Waals surface area contributed by atoms with Gasteiger partial charge in [0.15, 0.2) is 0 Å². The molecule has 19 heavy (non-hydrogen) atoms. The predicted octanol–water partition coefficient (Wildman–Crippen LogP) is 2.12. The number of benzene rings is 1. The van der Waals surface area contributed by atoms with E-state index in [9.17, 15) is 9.59 Å². The maximum absolute atomic E-state index is 11.8. The topological polar surface area (TPSA) is 66.8 Å². The van der Waals surface area contributed by atoms with Crippen molar-refractivity contribution < 1.29 is 19.4 Å². The Morgan fingerprint density at radius 2 is 2.00 bits per heavy atom. The first-order valence-electron chi connectivity index (χ1n) is 6.26. The molecule has 1 amide bonds. The van der Waals surface area contributed by atoms with Crippen molar-refractivity contribution in [1.82, 2.24) is 4.90 Å². The van der Waals surface area contributed by atoms with Crippen molar-refractivity contribution in [2.45, 2.75) is 25.5 Å². The molecule has 5 nitrogen and oxygen atoms in total. The summed E-state index contributed by atoms with van der Waals surface area (Å²) in [6.45, 7) is 0.154. The van der Waals surface area contributed by atoms with Gasteiger partial charge in [0.05, 0.1) is 0 Å². The third-order valence-electron chi connectivity index (χ3n) is 3.23. The van der Waals surface area contributed by atoms with Crippen LogP contribution >= 0.6 is 0 Å². The van der Waals surface area contributed by atoms with E-state index in [-0.39, 0.29) is 12.5 Å². The molecule has 0 aromatic heterocycles. The van der Waals surface area contributed by atoms with Crippen molar-refractivity contribution in [2.24, 2.45) is 5.92 Å². The third-order valence-corrected chi connectivity index (χ3v) is 3.23. The first kappa shape index (κ1) is 13.4. The Hall–Kier alpha value is -2.04. The minimum absolute atomic E-state index is 0.0618. The van der Waals surface area contributed by atoms with E-state index in [1.165, 1.54) is 11.9 Å². The molecular formula is C14H17NO4. The summed E-state index contributed by atoms with van der Waals surface area (Å²) in [4.78, 5) is 24.2. The molecule has 1 aliphatic rings. The molecule has 1 N–H and O–H groups in total. The fourth-order valence-electron chi connectivity index (χ4n) is 2.03. The van der Waals surface area contributed by atoms with Crippen LogP contribution in [0, 0.1) is 5.92 Å². The van der Waals surface area contributed by atoms with Crippen LogP contribution < -0.4 is 0 Å². The van der Waals surface area contributed by atoms with Crippen LogP contribution in [0.15, 0.2) is 30.3 Å². The van der Waals surface area contributed by atoms with E-state index in [1.54, 1.807) is 0 Å². The van der Waals surface area contributed by atoms with Crippen LogP contribution in [0.1, 0.15) is 18.4 Å². The van der Waals surface area contributed by atoms with Crippen molar-refractivity contribution in [3.8, 4) is 0 Å². The summed E-state index contributed by atoms with van der Waals surface area (Å²) in [7, 11) is 1.48. The van der Waals surface area contributed by atoms with Gasteiger partial charge in [-0.05, 0) is 24.3 Å². The van der Waals surface area contributed by atoms with Crippen molar-refractivity contribution in [1.29, 1.82) is 0 Å². The van der Waals surface area contributed by atoms with Crippen LogP contribution in [0.25, 0.3) is 0 Å². The number of ether oxygens (including phenoxy) is 1. The molecule has 0 unspecified atom stereocenters. The molecule has 5 heteroatoms. The number of amides is 1. The second-order valence-corrected chi connectivity index (χ2v) is 4.77. The van der Waals surface area contributed by atoms with Gasteiger partial charge in [-0.3, -0.25) is 4.90 Å². The monoisotopic (exact) mass is 263 g/mol. The Kier molecular flexibility index (Phi) is 4.04. The predicted molar refractivity (Wildman–Crippen MR) is 68.5 cm³/mol. The molecule has 0 spiro atoms. The first-order chi connectivity index (χ1) is 9.09. The van der Waals surface area contributed by atoms with Crippen LogP contribution in [-0.4, -0.2) is 35.2 Å². The highest BCUT2D eigenvalue weighted by Gasteiger charge is 2.41. The van der Waals surface area contributed by atoms with Crippen molar-refractivity contribution in [3.63, 3.8) is 0 Å². The van der Waals surface area contributed by atoms with E-state index in [1.807, 2.05) is 30.3 Å². The number of hydrogen-bond acceptors (Lipinski definition) is 3. The summed E-state index contributed by atoms with van der Waals surface area (Å²) in [5.41, 5.74) is 0.877. The van der Waals surface area contributed by atoms with Crippen molar-refractivity contribution in [3.05, 3.63) is 35.9 Å². The second-order valence-electron chi connectivity index (χ2n) is 4.77. The number of likely N-dealkylation sites (N-methyl/N-ethyl adjacent to an activating group) is 1. The molecule has 0 heterocycles. The summed E-state index contributed by atoms with van der Waals surface area (Å²) < 4.78 is 5.12. The van der Waals surface area contributed by atoms with Crippen LogP contribution in [0.3, 0.4) is 0 Å². The SMILES string of the molecule is CN(C(=O)OCc1ccccc1)[C@H](C(=O)O)C1CC1. The molecule has 1 aliphatic carbocycles. The van der Waals surface area contributed by atoms with Crippen molar-refractivity contribution in [2.75, 3.05) is 7.05 Å². The van der Waals surface area contributed by atoms with Gasteiger partial charge in [-0.25, -0.2) is 9.59 Å². The molecule has 1 saturated carbocycles. The van der Waals surface area contributed by atoms with Gasteiger partial charge in [0.25, 0.3) is 0 Å². The van der Waals surface area contributed by atoms with Crippen LogP contribution in [0.5, 0.6) is 0 Å². The molecule has 1 aromatic rings. The zero-order valence-electron chi connectivity index (χ0n) is 10.8. The van der Waals surface area contributed by atoms with Gasteiger partial charge < -0.3 is 9.84 Å². The molecule has 102 valence electrons. The number of carboxylic acid groups (broad SMARTS) is 1. The Morgan fingerprint density at radius 3 is 2.53 bits per heavy atom. The largest absolute Gasteiger partial charge is 0.480 e. The summed E-state index contributed by atoms with van der Waals surface area (Å²) in [5.74, 6) is -0.909. The molecule has 0 radical (unpaired) electrons. The highest BCUT2D eigenvalue weighted by Crippen LogP contribution is 2.35. The number of nitrogens with zero attached hydrogens (tertiary/aromatic N) is 1. The van der Waals surface area contributed by atoms with Gasteiger partial charge in [0, 0.05) is 7.05 Å². The normalized spacial score (nSPS) is 15.6. The van der Waals surface area contributed by atoms with E-state index in [2.05, 4.69) is 0 Å². The summed E-state index contributed by atoms with van der Waals surface area (Å²) in [6, 6.07) is 8.52. The lowest BCUT2D eigenvalue weighted by Crippen LogP contribution is -2.44. The van der Waals surface area contributed by atoms with E-state index >= 15 is 0 Å². The maximum atomic E-state index is 11.8. The van der Waals surface area contributed by atoms with Crippen LogP contribution in [0.2, 0.25) is 0 Å². The quantitative estimate of drug-likeness (QED) is 0.883. The van der Waals surface area contributed by atoms with Gasteiger partial charge in [0.2, 0.25) is 0 Å². The van der Waals surface area contributed by atoms with Gasteiger partial charge in [-0.1, -0.05) is 30.3 Å². The third kappa shape index (κ3) is 3.47. The number of carbonyl (C=O) groups excluding carboxylic acids is 1. The van der Waals surface area contributed by atoms with Crippen molar-refractivity contribution >= 4 is 12.1 Å². The first-order valence-corrected chi connectivity index (χ1v) is 6.26. The molecule has 0 bridgehead atoms. The fraction of sp³-hybridized carbons (Fsp3) is 0.429. The average Bonchev–Trinajstić information content (AvgIpc) is 3.21. The molecular weight excluding hydrogens is 246 g/mol. The number of carboxylic acids is 1. The van der Waals surface area contributed by atoms with Gasteiger partial charge >= 0.3 is 12.1 Å². The molecule has 0 saturated heterocycles. The lowest BCUT2D eigenvalue weighted by atomic mass is 10.2. The Labute approximate surface area is 111 Å². The number of aliphatic carboxylic acids is 1. The molecule has 1 fully saturated rings. The number of rotatable bonds is 5. The molecule has 2 rings (SSSR count). The lowest BCUT2D eigenvalue weighted by Gasteiger charge is -2.23. The molecule has 1 aromatic carbocycles. The summed E-state index contributed by atoms with van der Waals surface area (Å²) in [6.07, 6.45) is 1.11. The Balaban J connectivity index is 1.90. The Bertz CT molecular complexity index is 456. The second kappa shape index (κ2) is 5.73. The maximum Gasteiger partial charge on any atom is 0.410 e. The minimum atomic E-state index is -0.971. The zero-order valence-corrected chi connectivity index (χ0v) is 10.8. The van der Waals surface area contributed by atoms with E-state index < -0.39 is 18.1 Å². The van der Waals surface area contributed by atoms with Gasteiger partial charge in [-0.15, -0.1) is 0 Å². The van der Waals surface area contributed by atoms with Gasteiger partial charge in [0.1, 0.15) is 12.6 Å². The molecule has 1 atom stereocenters. The highest BCUT2D eigenvalue weighted by molar-refractivity contribution is 5.80. The van der Waals surface area contributed by atoms with E-state index in [0.717, 1.165) is 18.4 Å². The zero-order chi connectivity index (χ0) is 13.8. The average molecular weight is 263 g/mol. The number of carbonyl (C=O) groups is 2. The Morgan fingerprint density at radius 1 is 1.37 bits per heavy atom. The lowest BCUT2D eigenvalue weighted by molar-refractivity contribution is -0.143. The van der Waals surface area contributed by atoms with E-state index in [4.69, 9.17) is 9.84 Å². The minimum Gasteiger partial charge on any atom is -0.480 e.